The van der Waals surface area contributed by atoms with Crippen LogP contribution in [0.1, 0.15) is 43.6 Å². The highest BCUT2D eigenvalue weighted by atomic mass is 16.6. The molecule has 1 aromatic heterocycles. The Labute approximate surface area is 189 Å². The van der Waals surface area contributed by atoms with E-state index in [2.05, 4.69) is 10.4 Å². The number of nitrogens with zero attached hydrogens (tertiary/aromatic N) is 3. The van der Waals surface area contributed by atoms with Gasteiger partial charge in [-0.15, -0.1) is 0 Å². The van der Waals surface area contributed by atoms with E-state index in [0.29, 0.717) is 17.3 Å². The lowest BCUT2D eigenvalue weighted by atomic mass is 10.1. The van der Waals surface area contributed by atoms with Gasteiger partial charge in [0.05, 0.1) is 10.3 Å². The number of nitro groups is 1. The molecule has 10 heteroatoms. The molecule has 33 heavy (non-hydrogen) atoms. The van der Waals surface area contributed by atoms with Crippen LogP contribution in [0.25, 0.3) is 10.8 Å². The molecule has 1 atom stereocenters. The first kappa shape index (κ1) is 23.6. The Kier molecular flexibility index (Phi) is 7.50. The summed E-state index contributed by atoms with van der Waals surface area (Å²) in [4.78, 5) is 48.7. The quantitative estimate of drug-likeness (QED) is 0.226. The number of esters is 1. The summed E-state index contributed by atoms with van der Waals surface area (Å²) in [5.74, 6) is -1.61. The summed E-state index contributed by atoms with van der Waals surface area (Å²) >= 11 is 0. The van der Waals surface area contributed by atoms with E-state index in [1.807, 2.05) is 6.92 Å². The first-order valence-electron chi connectivity index (χ1n) is 10.6. The molecule has 0 spiro atoms. The maximum atomic E-state index is 12.9. The van der Waals surface area contributed by atoms with Gasteiger partial charge in [-0.2, -0.15) is 5.10 Å². The van der Waals surface area contributed by atoms with Crippen molar-refractivity contribution in [3.8, 4) is 0 Å². The van der Waals surface area contributed by atoms with Crippen molar-refractivity contribution in [2.45, 2.75) is 45.8 Å². The molecule has 3 rings (SSSR count). The lowest BCUT2D eigenvalue weighted by Crippen LogP contribution is -2.32. The van der Waals surface area contributed by atoms with Gasteiger partial charge in [-0.25, -0.2) is 9.48 Å². The molecule has 0 bridgehead atoms. The number of hydrogen-bond acceptors (Lipinski definition) is 7. The molecule has 0 aliphatic rings. The van der Waals surface area contributed by atoms with Crippen molar-refractivity contribution in [2.75, 3.05) is 5.32 Å². The van der Waals surface area contributed by atoms with Crippen LogP contribution in [0.4, 0.5) is 11.4 Å². The second kappa shape index (κ2) is 10.5. The van der Waals surface area contributed by atoms with Crippen molar-refractivity contribution in [1.29, 1.82) is 0 Å². The van der Waals surface area contributed by atoms with E-state index in [0.717, 1.165) is 19.3 Å². The normalized spacial score (nSPS) is 11.7. The largest absolute Gasteiger partial charge is 0.448 e. The molecular formula is C23H24N4O6. The third-order valence-electron chi connectivity index (χ3n) is 5.05. The van der Waals surface area contributed by atoms with Gasteiger partial charge < -0.3 is 10.1 Å². The maximum absolute atomic E-state index is 12.9. The Morgan fingerprint density at radius 2 is 1.79 bits per heavy atom. The highest BCUT2D eigenvalue weighted by Crippen LogP contribution is 2.23. The molecule has 172 valence electrons. The van der Waals surface area contributed by atoms with Crippen molar-refractivity contribution >= 4 is 34.0 Å². The molecule has 2 aromatic carbocycles. The molecule has 0 fully saturated rings. The molecule has 0 aliphatic heterocycles. The zero-order valence-corrected chi connectivity index (χ0v) is 18.3. The number of hydrogen-bond donors (Lipinski definition) is 1. The smallest absolute Gasteiger partial charge is 0.360 e. The van der Waals surface area contributed by atoms with E-state index in [-0.39, 0.29) is 22.6 Å². The first-order chi connectivity index (χ1) is 15.8. The second-order valence-electron chi connectivity index (χ2n) is 7.44. The Morgan fingerprint density at radius 1 is 1.12 bits per heavy atom. The minimum Gasteiger partial charge on any atom is -0.448 e. The van der Waals surface area contributed by atoms with E-state index in [9.17, 15) is 24.5 Å². The summed E-state index contributed by atoms with van der Waals surface area (Å²) in [6.45, 7) is 3.74. The average molecular weight is 452 g/mol. The van der Waals surface area contributed by atoms with Crippen LogP contribution >= 0.6 is 0 Å². The Balaban J connectivity index is 1.84. The number of aryl methyl sites for hydroxylation is 1. The van der Waals surface area contributed by atoms with Gasteiger partial charge in [-0.1, -0.05) is 50.1 Å². The number of carbonyl (C=O) groups is 2. The lowest BCUT2D eigenvalue weighted by Gasteiger charge is -2.15. The van der Waals surface area contributed by atoms with E-state index < -0.39 is 22.9 Å². The lowest BCUT2D eigenvalue weighted by molar-refractivity contribution is -0.383. The van der Waals surface area contributed by atoms with Crippen molar-refractivity contribution in [3.63, 3.8) is 0 Å². The number of aromatic nitrogens is 2. The molecule has 0 saturated carbocycles. The van der Waals surface area contributed by atoms with E-state index in [1.165, 1.54) is 35.9 Å². The molecule has 3 aromatic rings. The minimum atomic E-state index is -1.27. The zero-order valence-electron chi connectivity index (χ0n) is 18.3. The fourth-order valence-electron chi connectivity index (χ4n) is 3.29. The van der Waals surface area contributed by atoms with Gasteiger partial charge in [0.15, 0.2) is 11.8 Å². The molecule has 1 N–H and O–H groups in total. The topological polar surface area (TPSA) is 133 Å². The van der Waals surface area contributed by atoms with Crippen molar-refractivity contribution in [2.24, 2.45) is 0 Å². The van der Waals surface area contributed by atoms with Crippen molar-refractivity contribution in [3.05, 3.63) is 74.7 Å². The Morgan fingerprint density at radius 3 is 2.48 bits per heavy atom. The fraction of sp³-hybridized carbons (Fsp3) is 0.304. The summed E-state index contributed by atoms with van der Waals surface area (Å²) in [5, 5.41) is 18.4. The number of fused-ring (bicyclic) bond motifs is 1. The second-order valence-corrected chi connectivity index (χ2v) is 7.44. The SMILES string of the molecule is CCCCCn1nc(C(=O)OC(C)C(=O)Nc2ccccc2[N+](=O)[O-])c2ccccc2c1=O. The van der Waals surface area contributed by atoms with Crippen LogP contribution in [0.15, 0.2) is 53.3 Å². The molecule has 0 aliphatic carbocycles. The number of benzene rings is 2. The van der Waals surface area contributed by atoms with Crippen LogP contribution in [-0.2, 0) is 16.1 Å². The predicted octanol–water partition coefficient (Wildman–Crippen LogP) is 3.68. The predicted molar refractivity (Wildman–Crippen MR) is 122 cm³/mol. The number of unbranched alkanes of at least 4 members (excludes halogenated alkanes) is 2. The van der Waals surface area contributed by atoms with Gasteiger partial charge in [0, 0.05) is 18.0 Å². The van der Waals surface area contributed by atoms with Crippen molar-refractivity contribution < 1.29 is 19.2 Å². The van der Waals surface area contributed by atoms with Gasteiger partial charge in [0.25, 0.3) is 17.2 Å². The summed E-state index contributed by atoms with van der Waals surface area (Å²) in [6.07, 6.45) is 1.33. The number of nitro benzene ring substituents is 1. The summed E-state index contributed by atoms with van der Waals surface area (Å²) in [7, 11) is 0. The average Bonchev–Trinajstić information content (AvgIpc) is 2.80. The highest BCUT2D eigenvalue weighted by Gasteiger charge is 2.25. The standard InChI is InChI=1S/C23H24N4O6/c1-3-4-9-14-26-22(29)17-11-6-5-10-16(17)20(25-26)23(30)33-15(2)21(28)24-18-12-7-8-13-19(18)27(31)32/h5-8,10-13,15H,3-4,9,14H2,1-2H3,(H,24,28). The Bertz CT molecular complexity index is 1250. The first-order valence-corrected chi connectivity index (χ1v) is 10.6. The zero-order chi connectivity index (χ0) is 24.0. The molecule has 10 nitrogen and oxygen atoms in total. The molecule has 0 radical (unpaired) electrons. The molecule has 1 amide bonds. The Hall–Kier alpha value is -4.08. The van der Waals surface area contributed by atoms with Crippen LogP contribution < -0.4 is 10.9 Å². The van der Waals surface area contributed by atoms with Gasteiger partial charge in [0.2, 0.25) is 0 Å². The van der Waals surface area contributed by atoms with Crippen LogP contribution in [0.5, 0.6) is 0 Å². The monoisotopic (exact) mass is 452 g/mol. The van der Waals surface area contributed by atoms with Gasteiger partial charge in [0.1, 0.15) is 5.69 Å². The fourth-order valence-corrected chi connectivity index (χ4v) is 3.29. The molecule has 1 unspecified atom stereocenters. The summed E-state index contributed by atoms with van der Waals surface area (Å²) in [5.41, 5.74) is -0.674. The number of ether oxygens (including phenoxy) is 1. The molecule has 1 heterocycles. The van der Waals surface area contributed by atoms with Crippen LogP contribution in [0, 0.1) is 10.1 Å². The van der Waals surface area contributed by atoms with Crippen LogP contribution in [0.2, 0.25) is 0 Å². The third-order valence-corrected chi connectivity index (χ3v) is 5.05. The number of amides is 1. The molecular weight excluding hydrogens is 428 g/mol. The van der Waals surface area contributed by atoms with Gasteiger partial charge >= 0.3 is 5.97 Å². The number of nitrogens with one attached hydrogen (secondary N) is 1. The minimum absolute atomic E-state index is 0.0107. The highest BCUT2D eigenvalue weighted by molar-refractivity contribution is 6.04. The van der Waals surface area contributed by atoms with Gasteiger partial charge in [-0.05, 0) is 25.5 Å². The number of rotatable bonds is 9. The van der Waals surface area contributed by atoms with E-state index in [1.54, 1.807) is 24.3 Å². The summed E-state index contributed by atoms with van der Waals surface area (Å²) in [6, 6.07) is 12.2. The van der Waals surface area contributed by atoms with Crippen LogP contribution in [-0.4, -0.2) is 32.7 Å². The number of para-hydroxylation sites is 2. The number of carbonyl (C=O) groups excluding carboxylic acids is 2. The maximum Gasteiger partial charge on any atom is 0.360 e. The van der Waals surface area contributed by atoms with Gasteiger partial charge in [-0.3, -0.25) is 19.7 Å². The van der Waals surface area contributed by atoms with Crippen molar-refractivity contribution in [1.82, 2.24) is 9.78 Å². The van der Waals surface area contributed by atoms with E-state index >= 15 is 0 Å². The molecule has 0 saturated heterocycles. The van der Waals surface area contributed by atoms with Crippen LogP contribution in [0.3, 0.4) is 0 Å². The van der Waals surface area contributed by atoms with E-state index in [4.69, 9.17) is 4.74 Å². The summed E-state index contributed by atoms with van der Waals surface area (Å²) < 4.78 is 6.54. The number of anilines is 1. The third kappa shape index (κ3) is 5.40.